The van der Waals surface area contributed by atoms with Crippen LogP contribution in [0.2, 0.25) is 0 Å². The third-order valence-corrected chi connectivity index (χ3v) is 12.8. The fourth-order valence-corrected chi connectivity index (χ4v) is 9.97. The van der Waals surface area contributed by atoms with Crippen molar-refractivity contribution < 1.29 is 43.5 Å². The van der Waals surface area contributed by atoms with Crippen molar-refractivity contribution in [3.05, 3.63) is 102 Å². The van der Waals surface area contributed by atoms with Crippen LogP contribution < -0.4 is 18.9 Å². The molecule has 7 rings (SSSR count). The van der Waals surface area contributed by atoms with E-state index < -0.39 is 23.3 Å². The molecular weight excluding hydrogens is 781 g/mol. The highest BCUT2D eigenvalue weighted by molar-refractivity contribution is 7.99. The summed E-state index contributed by atoms with van der Waals surface area (Å²) in [4.78, 5) is 23.8. The second-order valence-electron chi connectivity index (χ2n) is 17.0. The van der Waals surface area contributed by atoms with Gasteiger partial charge in [-0.05, 0) is 112 Å². The monoisotopic (exact) mass is 840 g/mol. The number of hydrogen-bond acceptors (Lipinski definition) is 11. The molecule has 0 radical (unpaired) electrons. The Balaban J connectivity index is 1.36. The zero-order valence-electron chi connectivity index (χ0n) is 35.3. The van der Waals surface area contributed by atoms with E-state index in [1.54, 1.807) is 48.0 Å². The summed E-state index contributed by atoms with van der Waals surface area (Å²) < 4.78 is 32.0. The van der Waals surface area contributed by atoms with Crippen LogP contribution in [0, 0.1) is 17.8 Å². The summed E-state index contributed by atoms with van der Waals surface area (Å²) in [5.74, 6) is 1.36. The molecule has 12 heteroatoms. The van der Waals surface area contributed by atoms with Gasteiger partial charge in [-0.1, -0.05) is 48.3 Å². The van der Waals surface area contributed by atoms with Crippen molar-refractivity contribution in [1.82, 2.24) is 4.90 Å². The molecular formula is C48H60N2O9S. The first-order chi connectivity index (χ1) is 29.1. The van der Waals surface area contributed by atoms with Gasteiger partial charge in [0.25, 0.3) is 5.91 Å². The van der Waals surface area contributed by atoms with Crippen molar-refractivity contribution in [1.29, 1.82) is 0 Å². The highest BCUT2D eigenvalue weighted by Gasteiger charge is 2.65. The van der Waals surface area contributed by atoms with Crippen LogP contribution in [0.5, 0.6) is 23.0 Å². The van der Waals surface area contributed by atoms with Crippen molar-refractivity contribution in [2.75, 3.05) is 46.0 Å². The van der Waals surface area contributed by atoms with E-state index >= 15 is 0 Å². The summed E-state index contributed by atoms with van der Waals surface area (Å²) >= 11 is 1.75. The number of oxime groups is 1. The van der Waals surface area contributed by atoms with Gasteiger partial charge in [-0.25, -0.2) is 0 Å². The maximum atomic E-state index is 14.7. The quantitative estimate of drug-likeness (QED) is 0.0523. The number of carbonyl (C=O) groups excluding carboxylic acids is 1. The van der Waals surface area contributed by atoms with Gasteiger partial charge in [0.2, 0.25) is 12.6 Å². The number of allylic oxidation sites excluding steroid dienone is 1. The first-order valence-corrected chi connectivity index (χ1v) is 22.3. The van der Waals surface area contributed by atoms with E-state index in [1.165, 1.54) is 4.90 Å². The highest BCUT2D eigenvalue weighted by atomic mass is 32.2. The molecule has 1 amide bonds. The van der Waals surface area contributed by atoms with Crippen molar-refractivity contribution in [2.45, 2.75) is 94.0 Å². The molecule has 6 atom stereocenters. The topological polar surface area (TPSA) is 129 Å². The molecule has 3 aromatic rings. The average Bonchev–Trinajstić information content (AvgIpc) is 3.73. The Morgan fingerprint density at radius 3 is 2.48 bits per heavy atom. The lowest BCUT2D eigenvalue weighted by molar-refractivity contribution is -0.252. The molecule has 4 aliphatic rings. The van der Waals surface area contributed by atoms with E-state index in [-0.39, 0.29) is 50.3 Å². The zero-order valence-corrected chi connectivity index (χ0v) is 36.2. The first kappa shape index (κ1) is 43.6. The SMILES string of the molecule is C=CCO[C@@]12Oc3ccc(OCCSc4ccccc4)cc3[C@H]3[C@H](CCCCO)[C@@H](CCCCO)C=C(C(=NOC(C)(C)C)C[C@@H]1N(C)C(=O)c1ccc4c(c1)OCO4)[C@H]32. The molecule has 0 saturated heterocycles. The number of ether oxygens (including phenoxy) is 5. The average molecular weight is 841 g/mol. The normalized spacial score (nSPS) is 24.5. The number of unbranched alkanes of at least 4 members (excludes halogenated alkanes) is 2. The Labute approximate surface area is 358 Å². The third kappa shape index (κ3) is 9.52. The summed E-state index contributed by atoms with van der Waals surface area (Å²) in [7, 11) is 1.80. The van der Waals surface area contributed by atoms with Gasteiger partial charge in [-0.3, -0.25) is 4.79 Å². The number of nitrogens with zero attached hydrogens (tertiary/aromatic N) is 2. The molecule has 2 aliphatic heterocycles. The summed E-state index contributed by atoms with van der Waals surface area (Å²) in [5.41, 5.74) is 2.61. The van der Waals surface area contributed by atoms with Crippen LogP contribution >= 0.6 is 11.8 Å². The Hall–Kier alpha value is -4.49. The molecule has 60 heavy (non-hydrogen) atoms. The second-order valence-corrected chi connectivity index (χ2v) is 18.1. The highest BCUT2D eigenvalue weighted by Crippen LogP contribution is 2.62. The molecule has 0 bridgehead atoms. The van der Waals surface area contributed by atoms with Gasteiger partial charge in [0.15, 0.2) is 11.5 Å². The minimum absolute atomic E-state index is 0.0978. The van der Waals surface area contributed by atoms with Gasteiger partial charge >= 0.3 is 0 Å². The molecule has 1 saturated carbocycles. The van der Waals surface area contributed by atoms with Gasteiger partial charge in [0, 0.05) is 54.4 Å². The standard InChI is InChI=1S/C48H60N2O9S/c1-6-24-57-48-43(50(5)46(53)33-18-20-41-42(28-33)56-31-55-41)30-39(49-59-47(2,3)4)37-27-32(14-10-12-22-51)36(17-11-13-23-52)44(45(37)48)38-29-34(19-21-40(38)58-48)54-25-26-60-35-15-8-7-9-16-35/h6-9,15-16,18-21,27-29,32,36,43-45,51-52H,1,10-14,17,22-26,30-31H2,2-5H3/t32-,36+,43-,44+,45+,48+/m0/s1. The van der Waals surface area contributed by atoms with Crippen LogP contribution in [0.4, 0.5) is 0 Å². The van der Waals surface area contributed by atoms with Crippen molar-refractivity contribution in [3.63, 3.8) is 0 Å². The lowest BCUT2D eigenvalue weighted by atomic mass is 9.55. The van der Waals surface area contributed by atoms with Gasteiger partial charge in [0.1, 0.15) is 23.1 Å². The molecule has 1 fully saturated rings. The number of benzene rings is 3. The van der Waals surface area contributed by atoms with Gasteiger partial charge in [-0.15, -0.1) is 18.3 Å². The van der Waals surface area contributed by atoms with E-state index in [9.17, 15) is 15.0 Å². The molecule has 0 spiro atoms. The molecule has 2 heterocycles. The molecule has 0 unspecified atom stereocenters. The number of rotatable bonds is 19. The summed E-state index contributed by atoms with van der Waals surface area (Å²) in [6, 6.07) is 20.9. The molecule has 3 aromatic carbocycles. The fraction of sp³-hybridized carbons (Fsp3) is 0.500. The summed E-state index contributed by atoms with van der Waals surface area (Å²) in [6.07, 6.45) is 9.12. The van der Waals surface area contributed by atoms with Gasteiger partial charge in [0.05, 0.1) is 24.8 Å². The Morgan fingerprint density at radius 2 is 1.73 bits per heavy atom. The molecule has 2 aliphatic carbocycles. The largest absolute Gasteiger partial charge is 0.493 e. The molecule has 11 nitrogen and oxygen atoms in total. The van der Waals surface area contributed by atoms with E-state index in [0.29, 0.717) is 48.7 Å². The van der Waals surface area contributed by atoms with Crippen LogP contribution in [-0.4, -0.2) is 90.2 Å². The number of aliphatic hydroxyl groups excluding tert-OH is 2. The van der Waals surface area contributed by atoms with Crippen molar-refractivity contribution >= 4 is 23.4 Å². The van der Waals surface area contributed by atoms with E-state index in [0.717, 1.165) is 54.0 Å². The maximum Gasteiger partial charge on any atom is 0.254 e. The van der Waals surface area contributed by atoms with Crippen LogP contribution in [-0.2, 0) is 9.57 Å². The lowest BCUT2D eigenvalue weighted by Crippen LogP contribution is -2.69. The van der Waals surface area contributed by atoms with Crippen LogP contribution in [0.3, 0.4) is 0 Å². The van der Waals surface area contributed by atoms with Crippen molar-refractivity contribution in [2.24, 2.45) is 22.9 Å². The number of carbonyl (C=O) groups is 1. The van der Waals surface area contributed by atoms with Crippen LogP contribution in [0.15, 0.2) is 101 Å². The summed E-state index contributed by atoms with van der Waals surface area (Å²) in [5, 5.41) is 24.7. The fourth-order valence-electron chi connectivity index (χ4n) is 9.22. The number of likely N-dealkylation sites (N-methyl/N-ethyl adjacent to an activating group) is 1. The number of fused-ring (bicyclic) bond motifs is 3. The summed E-state index contributed by atoms with van der Waals surface area (Å²) in [6.45, 7) is 11.0. The number of hydrogen-bond donors (Lipinski definition) is 2. The Kier molecular flexibility index (Phi) is 14.2. The van der Waals surface area contributed by atoms with Crippen LogP contribution in [0.1, 0.15) is 87.6 Å². The first-order valence-electron chi connectivity index (χ1n) is 21.3. The van der Waals surface area contributed by atoms with Gasteiger partial charge in [-0.2, -0.15) is 0 Å². The minimum atomic E-state index is -1.36. The second kappa shape index (κ2) is 19.5. The number of thioether (sulfide) groups is 1. The predicted octanol–water partition coefficient (Wildman–Crippen LogP) is 8.79. The number of amides is 1. The number of aliphatic hydroxyl groups is 2. The van der Waals surface area contributed by atoms with Crippen LogP contribution in [0.25, 0.3) is 0 Å². The Morgan fingerprint density at radius 1 is 0.983 bits per heavy atom. The van der Waals surface area contributed by atoms with Crippen molar-refractivity contribution in [3.8, 4) is 23.0 Å². The lowest BCUT2D eigenvalue weighted by Gasteiger charge is -2.59. The van der Waals surface area contributed by atoms with E-state index in [4.69, 9.17) is 33.7 Å². The predicted molar refractivity (Wildman–Crippen MR) is 233 cm³/mol. The van der Waals surface area contributed by atoms with Gasteiger partial charge < -0.3 is 43.6 Å². The minimum Gasteiger partial charge on any atom is -0.493 e. The van der Waals surface area contributed by atoms with E-state index in [2.05, 4.69) is 30.9 Å². The maximum absolute atomic E-state index is 14.7. The molecule has 0 aromatic heterocycles. The molecule has 322 valence electrons. The molecule has 2 N–H and O–H groups in total. The Bertz CT molecular complexity index is 2020. The third-order valence-electron chi connectivity index (χ3n) is 11.8. The smallest absolute Gasteiger partial charge is 0.254 e. The zero-order chi connectivity index (χ0) is 42.3. The van der Waals surface area contributed by atoms with E-state index in [1.807, 2.05) is 51.1 Å².